The van der Waals surface area contributed by atoms with Gasteiger partial charge in [0, 0.05) is 11.1 Å². The van der Waals surface area contributed by atoms with Crippen LogP contribution < -0.4 is 10.4 Å². The van der Waals surface area contributed by atoms with Crippen molar-refractivity contribution in [1.82, 2.24) is 0 Å². The normalized spacial score (nSPS) is 13.3. The van der Waals surface area contributed by atoms with Crippen molar-refractivity contribution in [3.8, 4) is 22.9 Å². The predicted octanol–water partition coefficient (Wildman–Crippen LogP) is 5.05. The molecule has 5 rings (SSSR count). The van der Waals surface area contributed by atoms with Crippen molar-refractivity contribution in [2.24, 2.45) is 0 Å². The van der Waals surface area contributed by atoms with Crippen LogP contribution in [0, 0.1) is 43.8 Å². The van der Waals surface area contributed by atoms with Crippen LogP contribution in [0.3, 0.4) is 0 Å². The third-order valence-electron chi connectivity index (χ3n) is 5.79. The zero-order valence-electron chi connectivity index (χ0n) is 19.8. The zero-order chi connectivity index (χ0) is 22.7. The first-order chi connectivity index (χ1) is 15.1. The fraction of sp³-hybridized carbons (Fsp3) is 0.200. The van der Waals surface area contributed by atoms with E-state index < -0.39 is 16.1 Å². The zero-order valence-corrected chi connectivity index (χ0v) is 21.8. The van der Waals surface area contributed by atoms with Crippen LogP contribution in [-0.4, -0.2) is 16.1 Å². The van der Waals surface area contributed by atoms with Crippen molar-refractivity contribution in [3.63, 3.8) is 0 Å². The van der Waals surface area contributed by atoms with Gasteiger partial charge in [-0.05, 0) is 54.6 Å². The highest BCUT2D eigenvalue weighted by Crippen LogP contribution is 2.26. The van der Waals surface area contributed by atoms with Gasteiger partial charge in [0.05, 0.1) is 0 Å². The third-order valence-corrected chi connectivity index (χ3v) is 7.54. The predicted molar refractivity (Wildman–Crippen MR) is 141 cm³/mol. The van der Waals surface area contributed by atoms with Crippen molar-refractivity contribution < 1.29 is 0 Å². The molecule has 0 spiro atoms. The summed E-state index contributed by atoms with van der Waals surface area (Å²) in [4.78, 5) is 0. The van der Waals surface area contributed by atoms with Crippen LogP contribution in [0.2, 0.25) is 39.3 Å². The molecule has 0 unspecified atom stereocenters. The Morgan fingerprint density at radius 3 is 1.16 bits per heavy atom. The molecule has 0 radical (unpaired) electrons. The third kappa shape index (κ3) is 3.61. The highest BCUT2D eigenvalue weighted by Gasteiger charge is 2.18. The van der Waals surface area contributed by atoms with E-state index in [2.05, 4.69) is 123 Å². The fourth-order valence-electron chi connectivity index (χ4n) is 4.39. The first kappa shape index (κ1) is 20.8. The maximum atomic E-state index is 3.61. The average Bonchev–Trinajstić information content (AvgIpc) is 3.20. The van der Waals surface area contributed by atoms with Gasteiger partial charge in [0.15, 0.2) is 0 Å². The second-order valence-electron chi connectivity index (χ2n) is 10.8. The van der Waals surface area contributed by atoms with E-state index >= 15 is 0 Å². The summed E-state index contributed by atoms with van der Waals surface area (Å²) < 4.78 is 0. The van der Waals surface area contributed by atoms with Crippen molar-refractivity contribution in [1.29, 1.82) is 0 Å². The van der Waals surface area contributed by atoms with Gasteiger partial charge in [-0.3, -0.25) is 0 Å². The SMILES string of the molecule is C[Si](C)(C)C#CC1=c2ccccc2=c2cc3c(cc21)=c1ccccc1=C3C#C[Si](C)(C)C. The van der Waals surface area contributed by atoms with Crippen LogP contribution in [0.15, 0.2) is 60.7 Å². The Hall–Kier alpha value is -3.05. The molecule has 0 heterocycles. The molecule has 3 aromatic carbocycles. The van der Waals surface area contributed by atoms with Crippen LogP contribution >= 0.6 is 0 Å². The lowest BCUT2D eigenvalue weighted by Gasteiger charge is -2.06. The lowest BCUT2D eigenvalue weighted by molar-refractivity contribution is 1.43. The summed E-state index contributed by atoms with van der Waals surface area (Å²) in [7, 11) is -2.97. The maximum absolute atomic E-state index is 3.61. The Morgan fingerprint density at radius 2 is 0.812 bits per heavy atom. The van der Waals surface area contributed by atoms with Gasteiger partial charge in [-0.15, -0.1) is 11.1 Å². The molecule has 2 aliphatic carbocycles. The van der Waals surface area contributed by atoms with E-state index in [9.17, 15) is 0 Å². The first-order valence-corrected chi connectivity index (χ1v) is 18.3. The van der Waals surface area contributed by atoms with Crippen molar-refractivity contribution in [3.05, 3.63) is 103 Å². The highest BCUT2D eigenvalue weighted by molar-refractivity contribution is 6.84. The maximum Gasteiger partial charge on any atom is 0.129 e. The van der Waals surface area contributed by atoms with Crippen LogP contribution in [0.1, 0.15) is 11.1 Å². The number of hydrogen-bond donors (Lipinski definition) is 0. The van der Waals surface area contributed by atoms with Gasteiger partial charge in [0.25, 0.3) is 0 Å². The van der Waals surface area contributed by atoms with Crippen molar-refractivity contribution in [2.45, 2.75) is 39.3 Å². The standard InChI is InChI=1S/C30H28Si2/c1-31(2,3)17-15-25-21-11-7-9-13-23(21)27-20-30-26(16-18-32(4,5)6)22-12-8-10-14-24(22)28(30)19-29(25)27/h7-14,19-20H,1-6H3. The highest BCUT2D eigenvalue weighted by atomic mass is 28.3. The molecule has 0 bridgehead atoms. The summed E-state index contributed by atoms with van der Waals surface area (Å²) in [5, 5.41) is 7.69. The molecule has 0 aliphatic heterocycles. The summed E-state index contributed by atoms with van der Waals surface area (Å²) in [6.07, 6.45) is 0. The molecule has 32 heavy (non-hydrogen) atoms. The number of hydrogen-bond acceptors (Lipinski definition) is 0. The minimum absolute atomic E-state index is 1.18. The van der Waals surface area contributed by atoms with Gasteiger partial charge in [0.2, 0.25) is 0 Å². The Bertz CT molecular complexity index is 1600. The van der Waals surface area contributed by atoms with Gasteiger partial charge < -0.3 is 0 Å². The molecule has 2 aliphatic rings. The smallest absolute Gasteiger partial charge is 0.127 e. The Balaban J connectivity index is 1.90. The molecule has 0 atom stereocenters. The lowest BCUT2D eigenvalue weighted by atomic mass is 10.00. The molecule has 0 amide bonds. The van der Waals surface area contributed by atoms with E-state index in [-0.39, 0.29) is 0 Å². The summed E-state index contributed by atoms with van der Waals surface area (Å²) >= 11 is 0. The molecule has 0 nitrogen and oxygen atoms in total. The number of rotatable bonds is 0. The van der Waals surface area contributed by atoms with Crippen LogP contribution in [0.25, 0.3) is 11.1 Å². The van der Waals surface area contributed by atoms with E-state index in [1.807, 2.05) is 0 Å². The summed E-state index contributed by atoms with van der Waals surface area (Å²) in [5.41, 5.74) is 12.1. The van der Waals surface area contributed by atoms with Gasteiger partial charge in [-0.1, -0.05) is 99.7 Å². The summed E-state index contributed by atoms with van der Waals surface area (Å²) in [6.45, 7) is 13.8. The molecular weight excluding hydrogens is 417 g/mol. The van der Waals surface area contributed by atoms with Crippen molar-refractivity contribution in [2.75, 3.05) is 0 Å². The molecule has 0 saturated carbocycles. The van der Waals surface area contributed by atoms with Crippen LogP contribution in [-0.2, 0) is 0 Å². The van der Waals surface area contributed by atoms with E-state index in [0.717, 1.165) is 0 Å². The van der Waals surface area contributed by atoms with E-state index in [4.69, 9.17) is 0 Å². The largest absolute Gasteiger partial charge is 0.129 e. The molecule has 0 fully saturated rings. The van der Waals surface area contributed by atoms with Crippen LogP contribution in [0.4, 0.5) is 0 Å². The van der Waals surface area contributed by atoms with Gasteiger partial charge in [0.1, 0.15) is 16.1 Å². The molecule has 156 valence electrons. The van der Waals surface area contributed by atoms with Crippen LogP contribution in [0.5, 0.6) is 0 Å². The van der Waals surface area contributed by atoms with E-state index in [1.54, 1.807) is 0 Å². The summed E-state index contributed by atoms with van der Waals surface area (Å²) in [5.74, 6) is 7.21. The van der Waals surface area contributed by atoms with E-state index in [0.29, 0.717) is 0 Å². The molecule has 0 N–H and O–H groups in total. The number of fused-ring (bicyclic) bond motifs is 4. The quantitative estimate of drug-likeness (QED) is 0.336. The van der Waals surface area contributed by atoms with Gasteiger partial charge in [-0.2, -0.15) is 0 Å². The topological polar surface area (TPSA) is 0 Å². The lowest BCUT2D eigenvalue weighted by Crippen LogP contribution is -2.16. The Labute approximate surface area is 192 Å². The monoisotopic (exact) mass is 444 g/mol. The van der Waals surface area contributed by atoms with Crippen molar-refractivity contribution >= 4 is 27.3 Å². The molecular formula is C30H28Si2. The fourth-order valence-corrected chi connectivity index (χ4v) is 5.39. The molecule has 3 aromatic rings. The minimum atomic E-state index is -1.49. The van der Waals surface area contributed by atoms with E-state index in [1.165, 1.54) is 53.6 Å². The molecule has 0 saturated heterocycles. The Kier molecular flexibility index (Phi) is 4.72. The number of benzene rings is 3. The Morgan fingerprint density at radius 1 is 0.469 bits per heavy atom. The second-order valence-corrected chi connectivity index (χ2v) is 20.3. The molecule has 2 heteroatoms. The average molecular weight is 445 g/mol. The van der Waals surface area contributed by atoms with Gasteiger partial charge in [-0.25, -0.2) is 0 Å². The molecule has 0 aromatic heterocycles. The second kappa shape index (κ2) is 7.24. The summed E-state index contributed by atoms with van der Waals surface area (Å²) in [6, 6.07) is 22.2. The first-order valence-electron chi connectivity index (χ1n) is 11.3. The minimum Gasteiger partial charge on any atom is -0.127 e. The van der Waals surface area contributed by atoms with Gasteiger partial charge >= 0.3 is 0 Å².